The minimum atomic E-state index is -0.0113. The van der Waals surface area contributed by atoms with Gasteiger partial charge in [0.2, 0.25) is 0 Å². The van der Waals surface area contributed by atoms with Crippen LogP contribution in [0.2, 0.25) is 0 Å². The normalized spacial score (nSPS) is 16.5. The van der Waals surface area contributed by atoms with Crippen molar-refractivity contribution < 1.29 is 4.74 Å². The van der Waals surface area contributed by atoms with Crippen molar-refractivity contribution in [3.05, 3.63) is 22.8 Å². The van der Waals surface area contributed by atoms with Crippen LogP contribution in [0.5, 0.6) is 0 Å². The van der Waals surface area contributed by atoms with Gasteiger partial charge in [0.1, 0.15) is 6.10 Å². The lowest BCUT2D eigenvalue weighted by atomic mass is 10.00. The second-order valence-corrected chi connectivity index (χ2v) is 5.53. The molecular weight excluding hydrogens is 238 g/mol. The number of aryl methyl sites for hydroxylation is 1. The summed E-state index contributed by atoms with van der Waals surface area (Å²) in [5.41, 5.74) is 3.76. The van der Waals surface area contributed by atoms with Crippen LogP contribution in [-0.2, 0) is 24.1 Å². The Morgan fingerprint density at radius 1 is 1.32 bits per heavy atom. The molecule has 2 rings (SSSR count). The Morgan fingerprint density at radius 3 is 2.74 bits per heavy atom. The van der Waals surface area contributed by atoms with Gasteiger partial charge >= 0.3 is 0 Å². The largest absolute Gasteiger partial charge is 0.373 e. The molecule has 1 aliphatic heterocycles. The average Bonchev–Trinajstić information content (AvgIpc) is 2.39. The summed E-state index contributed by atoms with van der Waals surface area (Å²) in [6, 6.07) is 0. The van der Waals surface area contributed by atoms with Crippen LogP contribution < -0.4 is 5.32 Å². The zero-order chi connectivity index (χ0) is 13.8. The van der Waals surface area contributed by atoms with Gasteiger partial charge in [0.25, 0.3) is 0 Å². The van der Waals surface area contributed by atoms with Crippen LogP contribution in [0.25, 0.3) is 0 Å². The number of hydrogen-bond acceptors (Lipinski definition) is 4. The summed E-state index contributed by atoms with van der Waals surface area (Å²) in [5, 5.41) is 3.39. The monoisotopic (exact) mass is 263 g/mol. The van der Waals surface area contributed by atoms with E-state index < -0.39 is 0 Å². The predicted octanol–water partition coefficient (Wildman–Crippen LogP) is 2.42. The maximum Gasteiger partial charge on any atom is 0.157 e. The highest BCUT2D eigenvalue weighted by atomic mass is 16.5. The molecule has 1 atom stereocenters. The minimum Gasteiger partial charge on any atom is -0.373 e. The van der Waals surface area contributed by atoms with Gasteiger partial charge in [-0.05, 0) is 30.9 Å². The van der Waals surface area contributed by atoms with Crippen LogP contribution in [0, 0.1) is 5.92 Å². The third-order valence-electron chi connectivity index (χ3n) is 3.64. The van der Waals surface area contributed by atoms with E-state index in [0.717, 1.165) is 38.2 Å². The third kappa shape index (κ3) is 3.12. The first-order chi connectivity index (χ1) is 9.17. The Kier molecular flexibility index (Phi) is 4.88. The van der Waals surface area contributed by atoms with Crippen molar-refractivity contribution in [2.45, 2.75) is 52.7 Å². The Labute approximate surface area is 116 Å². The molecule has 0 bridgehead atoms. The molecule has 1 aromatic heterocycles. The smallest absolute Gasteiger partial charge is 0.157 e. The SMILES string of the molecule is CCCc1nc(C(OC)C(C)C)nc2c1CCNC2. The highest BCUT2D eigenvalue weighted by Gasteiger charge is 2.23. The van der Waals surface area contributed by atoms with E-state index in [1.54, 1.807) is 7.11 Å². The molecular formula is C15H25N3O. The van der Waals surface area contributed by atoms with Crippen LogP contribution in [-0.4, -0.2) is 23.6 Å². The molecule has 0 saturated carbocycles. The number of hydrogen-bond donors (Lipinski definition) is 1. The standard InChI is InChI=1S/C15H25N3O/c1-5-6-12-11-7-8-16-9-13(11)18-15(17-12)14(19-4)10(2)3/h10,14,16H,5-9H2,1-4H3. The number of rotatable bonds is 5. The van der Waals surface area contributed by atoms with Crippen molar-refractivity contribution in [1.29, 1.82) is 0 Å². The van der Waals surface area contributed by atoms with Crippen molar-refractivity contribution >= 4 is 0 Å². The first-order valence-corrected chi connectivity index (χ1v) is 7.29. The molecule has 1 aromatic rings. The molecule has 0 spiro atoms. The molecule has 1 N–H and O–H groups in total. The van der Waals surface area contributed by atoms with Crippen LogP contribution in [0.4, 0.5) is 0 Å². The first-order valence-electron chi connectivity index (χ1n) is 7.29. The van der Waals surface area contributed by atoms with E-state index >= 15 is 0 Å². The summed E-state index contributed by atoms with van der Waals surface area (Å²) < 4.78 is 5.58. The van der Waals surface area contributed by atoms with Gasteiger partial charge in [-0.15, -0.1) is 0 Å². The fourth-order valence-corrected chi connectivity index (χ4v) is 2.70. The van der Waals surface area contributed by atoms with Crippen LogP contribution >= 0.6 is 0 Å². The second-order valence-electron chi connectivity index (χ2n) is 5.53. The summed E-state index contributed by atoms with van der Waals surface area (Å²) in [6.07, 6.45) is 3.19. The highest BCUT2D eigenvalue weighted by molar-refractivity contribution is 5.29. The Hall–Kier alpha value is -1.00. The number of nitrogens with zero attached hydrogens (tertiary/aromatic N) is 2. The predicted molar refractivity (Wildman–Crippen MR) is 76.0 cm³/mol. The number of methoxy groups -OCH3 is 1. The van der Waals surface area contributed by atoms with Gasteiger partial charge in [0.05, 0.1) is 5.69 Å². The zero-order valence-electron chi connectivity index (χ0n) is 12.5. The molecule has 19 heavy (non-hydrogen) atoms. The fraction of sp³-hybridized carbons (Fsp3) is 0.733. The molecule has 0 fully saturated rings. The molecule has 0 saturated heterocycles. The molecule has 4 nitrogen and oxygen atoms in total. The van der Waals surface area contributed by atoms with E-state index in [1.807, 2.05) is 0 Å². The Balaban J connectivity index is 2.42. The van der Waals surface area contributed by atoms with Crippen molar-refractivity contribution in [1.82, 2.24) is 15.3 Å². The molecule has 2 heterocycles. The van der Waals surface area contributed by atoms with Gasteiger partial charge in [-0.2, -0.15) is 0 Å². The number of ether oxygens (including phenoxy) is 1. The van der Waals surface area contributed by atoms with E-state index in [-0.39, 0.29) is 6.10 Å². The Morgan fingerprint density at radius 2 is 2.11 bits per heavy atom. The molecule has 1 unspecified atom stereocenters. The van der Waals surface area contributed by atoms with Crippen molar-refractivity contribution in [3.8, 4) is 0 Å². The third-order valence-corrected chi connectivity index (χ3v) is 3.64. The van der Waals surface area contributed by atoms with E-state index in [2.05, 4.69) is 26.1 Å². The van der Waals surface area contributed by atoms with E-state index in [4.69, 9.17) is 14.7 Å². The number of nitrogens with one attached hydrogen (secondary N) is 1. The summed E-state index contributed by atoms with van der Waals surface area (Å²) in [7, 11) is 1.74. The molecule has 106 valence electrons. The van der Waals surface area contributed by atoms with Crippen LogP contribution in [0.3, 0.4) is 0 Å². The molecule has 0 aliphatic carbocycles. The quantitative estimate of drug-likeness (QED) is 0.886. The maximum absolute atomic E-state index is 5.58. The lowest BCUT2D eigenvalue weighted by Crippen LogP contribution is -2.28. The lowest BCUT2D eigenvalue weighted by Gasteiger charge is -2.24. The Bertz CT molecular complexity index is 432. The minimum absolute atomic E-state index is 0.0113. The average molecular weight is 263 g/mol. The number of aromatic nitrogens is 2. The summed E-state index contributed by atoms with van der Waals surface area (Å²) in [4.78, 5) is 9.55. The number of fused-ring (bicyclic) bond motifs is 1. The van der Waals surface area contributed by atoms with Gasteiger partial charge in [-0.25, -0.2) is 9.97 Å². The summed E-state index contributed by atoms with van der Waals surface area (Å²) in [6.45, 7) is 8.38. The first kappa shape index (κ1) is 14.4. The van der Waals surface area contributed by atoms with Crippen molar-refractivity contribution in [3.63, 3.8) is 0 Å². The van der Waals surface area contributed by atoms with Gasteiger partial charge in [0, 0.05) is 19.3 Å². The topological polar surface area (TPSA) is 47.0 Å². The fourth-order valence-electron chi connectivity index (χ4n) is 2.70. The maximum atomic E-state index is 5.58. The van der Waals surface area contributed by atoms with Crippen molar-refractivity contribution in [2.24, 2.45) is 5.92 Å². The van der Waals surface area contributed by atoms with Crippen LogP contribution in [0.15, 0.2) is 0 Å². The summed E-state index contributed by atoms with van der Waals surface area (Å²) in [5.74, 6) is 1.23. The van der Waals surface area contributed by atoms with E-state index in [1.165, 1.54) is 17.0 Å². The van der Waals surface area contributed by atoms with Gasteiger partial charge in [0.15, 0.2) is 5.82 Å². The molecule has 0 radical (unpaired) electrons. The van der Waals surface area contributed by atoms with E-state index in [0.29, 0.717) is 5.92 Å². The molecule has 0 amide bonds. The van der Waals surface area contributed by atoms with Gasteiger partial charge in [-0.3, -0.25) is 0 Å². The lowest BCUT2D eigenvalue weighted by molar-refractivity contribution is 0.0569. The summed E-state index contributed by atoms with van der Waals surface area (Å²) >= 11 is 0. The zero-order valence-corrected chi connectivity index (χ0v) is 12.5. The second kappa shape index (κ2) is 6.44. The molecule has 4 heteroatoms. The van der Waals surface area contributed by atoms with Gasteiger partial charge < -0.3 is 10.1 Å². The molecule has 0 aromatic carbocycles. The van der Waals surface area contributed by atoms with Crippen LogP contribution in [0.1, 0.15) is 56.1 Å². The van der Waals surface area contributed by atoms with Gasteiger partial charge in [-0.1, -0.05) is 27.2 Å². The highest BCUT2D eigenvalue weighted by Crippen LogP contribution is 2.25. The molecule has 1 aliphatic rings. The van der Waals surface area contributed by atoms with E-state index in [9.17, 15) is 0 Å². The van der Waals surface area contributed by atoms with Crippen molar-refractivity contribution in [2.75, 3.05) is 13.7 Å².